The molecule has 0 heterocycles. The van der Waals surface area contributed by atoms with Gasteiger partial charge >= 0.3 is 11.9 Å². The topological polar surface area (TPSA) is 43.4 Å². The van der Waals surface area contributed by atoms with Crippen molar-refractivity contribution in [1.82, 2.24) is 0 Å². The van der Waals surface area contributed by atoms with Crippen molar-refractivity contribution < 1.29 is 14.3 Å². The first-order chi connectivity index (χ1) is 15.0. The van der Waals surface area contributed by atoms with Crippen molar-refractivity contribution in [3.05, 3.63) is 0 Å². The van der Waals surface area contributed by atoms with Gasteiger partial charge in [0.2, 0.25) is 0 Å². The molecule has 0 aromatic heterocycles. The third-order valence-electron chi connectivity index (χ3n) is 6.48. The number of carbonyl (C=O) groups is 2. The van der Waals surface area contributed by atoms with Crippen molar-refractivity contribution in [3.63, 3.8) is 0 Å². The molecule has 0 radical (unpaired) electrons. The average molecular weight is 439 g/mol. The Morgan fingerprint density at radius 2 is 0.871 bits per heavy atom. The van der Waals surface area contributed by atoms with Crippen LogP contribution in [0.2, 0.25) is 0 Å². The van der Waals surface area contributed by atoms with Gasteiger partial charge in [-0.2, -0.15) is 0 Å². The van der Waals surface area contributed by atoms with Gasteiger partial charge in [0.05, 0.1) is 0 Å². The molecule has 0 rings (SSSR count). The minimum atomic E-state index is -0.342. The van der Waals surface area contributed by atoms with Crippen LogP contribution in [0.15, 0.2) is 0 Å². The summed E-state index contributed by atoms with van der Waals surface area (Å²) in [5, 5.41) is 0. The quantitative estimate of drug-likeness (QED) is 0.0961. The Balaban J connectivity index is 3.47. The molecule has 0 bridgehead atoms. The molecule has 184 valence electrons. The number of unbranched alkanes of at least 4 members (excludes halogenated alkanes) is 10. The molecule has 0 aliphatic heterocycles. The van der Waals surface area contributed by atoms with Gasteiger partial charge in [-0.15, -0.1) is 0 Å². The highest BCUT2D eigenvalue weighted by atomic mass is 16.6. The molecule has 0 aromatic carbocycles. The van der Waals surface area contributed by atoms with Gasteiger partial charge in [0.15, 0.2) is 0 Å². The maximum absolute atomic E-state index is 11.8. The summed E-state index contributed by atoms with van der Waals surface area (Å²) in [4.78, 5) is 23.5. The molecular weight excluding hydrogens is 384 g/mol. The summed E-state index contributed by atoms with van der Waals surface area (Å²) in [6, 6.07) is 0. The Labute approximate surface area is 194 Å². The molecule has 2 atom stereocenters. The number of rotatable bonds is 22. The highest BCUT2D eigenvalue weighted by Crippen LogP contribution is 2.19. The summed E-state index contributed by atoms with van der Waals surface area (Å²) in [7, 11) is 0. The highest BCUT2D eigenvalue weighted by molar-refractivity contribution is 5.85. The SMILES string of the molecule is CCCCCCCC(=O)OC(=O)CCCCC(C)CCCCCCCC(C)CCCC. The highest BCUT2D eigenvalue weighted by Gasteiger charge is 2.10. The first kappa shape index (κ1) is 30.1. The summed E-state index contributed by atoms with van der Waals surface area (Å²) in [6.45, 7) is 9.19. The number of ether oxygens (including phenoxy) is 1. The van der Waals surface area contributed by atoms with E-state index in [0.29, 0.717) is 12.8 Å². The van der Waals surface area contributed by atoms with Crippen LogP contribution in [0, 0.1) is 11.8 Å². The Kier molecular flexibility index (Phi) is 21.7. The molecule has 0 aliphatic carbocycles. The fourth-order valence-electron chi connectivity index (χ4n) is 4.22. The second-order valence-electron chi connectivity index (χ2n) is 9.95. The third kappa shape index (κ3) is 22.1. The van der Waals surface area contributed by atoms with Crippen molar-refractivity contribution in [3.8, 4) is 0 Å². The fourth-order valence-corrected chi connectivity index (χ4v) is 4.22. The Morgan fingerprint density at radius 1 is 0.516 bits per heavy atom. The summed E-state index contributed by atoms with van der Waals surface area (Å²) < 4.78 is 4.93. The van der Waals surface area contributed by atoms with Crippen LogP contribution in [-0.2, 0) is 14.3 Å². The number of hydrogen-bond acceptors (Lipinski definition) is 3. The van der Waals surface area contributed by atoms with Gasteiger partial charge in [0, 0.05) is 12.8 Å². The van der Waals surface area contributed by atoms with E-state index in [9.17, 15) is 9.59 Å². The Morgan fingerprint density at radius 3 is 1.39 bits per heavy atom. The third-order valence-corrected chi connectivity index (χ3v) is 6.48. The summed E-state index contributed by atoms with van der Waals surface area (Å²) >= 11 is 0. The molecule has 31 heavy (non-hydrogen) atoms. The number of carbonyl (C=O) groups excluding carboxylic acids is 2. The van der Waals surface area contributed by atoms with E-state index >= 15 is 0 Å². The zero-order valence-electron chi connectivity index (χ0n) is 21.5. The predicted molar refractivity (Wildman–Crippen MR) is 133 cm³/mol. The zero-order valence-corrected chi connectivity index (χ0v) is 21.5. The van der Waals surface area contributed by atoms with Gasteiger partial charge in [-0.3, -0.25) is 9.59 Å². The first-order valence-corrected chi connectivity index (χ1v) is 13.7. The fraction of sp³-hybridized carbons (Fsp3) is 0.929. The molecule has 3 heteroatoms. The molecule has 0 amide bonds. The lowest BCUT2D eigenvalue weighted by molar-refractivity contribution is -0.159. The van der Waals surface area contributed by atoms with Crippen LogP contribution >= 0.6 is 0 Å². The van der Waals surface area contributed by atoms with Crippen LogP contribution in [0.5, 0.6) is 0 Å². The van der Waals surface area contributed by atoms with Crippen molar-refractivity contribution in [2.24, 2.45) is 11.8 Å². The second-order valence-corrected chi connectivity index (χ2v) is 9.95. The molecule has 0 aromatic rings. The van der Waals surface area contributed by atoms with E-state index in [-0.39, 0.29) is 11.9 Å². The van der Waals surface area contributed by atoms with Gasteiger partial charge in [0.1, 0.15) is 0 Å². The van der Waals surface area contributed by atoms with Crippen molar-refractivity contribution in [2.45, 2.75) is 156 Å². The lowest BCUT2D eigenvalue weighted by atomic mass is 9.95. The van der Waals surface area contributed by atoms with Crippen molar-refractivity contribution in [2.75, 3.05) is 0 Å². The van der Waals surface area contributed by atoms with E-state index < -0.39 is 0 Å². The molecule has 3 nitrogen and oxygen atoms in total. The first-order valence-electron chi connectivity index (χ1n) is 13.7. The second kappa shape index (κ2) is 22.3. The Hall–Kier alpha value is -0.860. The van der Waals surface area contributed by atoms with E-state index in [1.54, 1.807) is 0 Å². The maximum atomic E-state index is 11.8. The normalized spacial score (nSPS) is 13.2. The molecule has 2 unspecified atom stereocenters. The van der Waals surface area contributed by atoms with Gasteiger partial charge in [-0.05, 0) is 24.7 Å². The van der Waals surface area contributed by atoms with Crippen LogP contribution in [0.1, 0.15) is 156 Å². The minimum absolute atomic E-state index is 0.338. The monoisotopic (exact) mass is 438 g/mol. The summed E-state index contributed by atoms with van der Waals surface area (Å²) in [6.07, 6.45) is 23.0. The zero-order chi connectivity index (χ0) is 23.2. The van der Waals surface area contributed by atoms with Crippen molar-refractivity contribution in [1.29, 1.82) is 0 Å². The van der Waals surface area contributed by atoms with Crippen LogP contribution in [0.4, 0.5) is 0 Å². The van der Waals surface area contributed by atoms with E-state index in [4.69, 9.17) is 4.74 Å². The minimum Gasteiger partial charge on any atom is -0.393 e. The van der Waals surface area contributed by atoms with Crippen molar-refractivity contribution >= 4 is 11.9 Å². The molecule has 0 N–H and O–H groups in total. The standard InChI is InChI=1S/C28H54O3/c1-5-7-9-11-16-23-27(29)31-28(30)24-18-17-22-26(4)21-15-13-10-12-14-20-25(3)19-8-6-2/h25-26H,5-24H2,1-4H3. The van der Waals surface area contributed by atoms with E-state index in [2.05, 4.69) is 27.7 Å². The molecule has 0 fully saturated rings. The predicted octanol–water partition coefficient (Wildman–Crippen LogP) is 9.17. The van der Waals surface area contributed by atoms with Crippen LogP contribution in [0.25, 0.3) is 0 Å². The van der Waals surface area contributed by atoms with Crippen LogP contribution in [0.3, 0.4) is 0 Å². The van der Waals surface area contributed by atoms with Crippen LogP contribution < -0.4 is 0 Å². The number of esters is 2. The van der Waals surface area contributed by atoms with E-state index in [1.165, 1.54) is 83.5 Å². The largest absolute Gasteiger partial charge is 0.393 e. The smallest absolute Gasteiger partial charge is 0.313 e. The van der Waals surface area contributed by atoms with Gasteiger partial charge in [-0.1, -0.05) is 130 Å². The van der Waals surface area contributed by atoms with Gasteiger partial charge < -0.3 is 4.74 Å². The maximum Gasteiger partial charge on any atom is 0.313 e. The van der Waals surface area contributed by atoms with E-state index in [0.717, 1.165) is 43.9 Å². The van der Waals surface area contributed by atoms with Gasteiger partial charge in [0.25, 0.3) is 0 Å². The lowest BCUT2D eigenvalue weighted by Crippen LogP contribution is -2.12. The van der Waals surface area contributed by atoms with Crippen LogP contribution in [-0.4, -0.2) is 11.9 Å². The number of hydrogen-bond donors (Lipinski definition) is 0. The molecule has 0 saturated carbocycles. The Bertz CT molecular complexity index is 418. The molecular formula is C28H54O3. The van der Waals surface area contributed by atoms with E-state index in [1.807, 2.05) is 0 Å². The lowest BCUT2D eigenvalue weighted by Gasteiger charge is -2.12. The summed E-state index contributed by atoms with van der Waals surface area (Å²) in [5.74, 6) is 0.960. The van der Waals surface area contributed by atoms with Gasteiger partial charge in [-0.25, -0.2) is 0 Å². The summed E-state index contributed by atoms with van der Waals surface area (Å²) in [5.41, 5.74) is 0. The molecule has 0 aliphatic rings. The average Bonchev–Trinajstić information content (AvgIpc) is 2.74. The molecule has 0 saturated heterocycles. The molecule has 0 spiro atoms.